The second-order valence-electron chi connectivity index (χ2n) is 22.2. The van der Waals surface area contributed by atoms with Gasteiger partial charge < -0.3 is 36.4 Å². The summed E-state index contributed by atoms with van der Waals surface area (Å²) in [7, 11) is 1.68. The van der Waals surface area contributed by atoms with Crippen LogP contribution in [0, 0.1) is 75.9 Å². The van der Waals surface area contributed by atoms with Gasteiger partial charge in [0, 0.05) is 38.3 Å². The molecule has 0 aromatic carbocycles. The van der Waals surface area contributed by atoms with Crippen LogP contribution in [-0.4, -0.2) is 83.7 Å². The molecule has 0 amide bonds. The van der Waals surface area contributed by atoms with E-state index in [0.717, 1.165) is 51.6 Å². The lowest BCUT2D eigenvalue weighted by atomic mass is 9.58. The standard InChI is InChI=1S/C52H83N3O6/c1-61-47-28-39-13-16-48(59)52(22-17-35(25-49(52)60)32-51(20-5-6-21-51)41-26-40-12-15-43(57)30-45(40)55-33-41)23-18-36(44(39)31-46(47)58)11-14-42(56)27-37(38-19-24-54-50(53)29-38)10-9-34-7-3-2-4-8-34/h9-10,34-42,44-47,49-50,54-56,58,60H,2-8,11-17,19-22,24-33,53H2,1H3. The number of Topliss-reactive ketones (excluding diaryl/α,β-unsaturated/α-hetero) is 2. The zero-order valence-electron chi connectivity index (χ0n) is 37.8. The highest BCUT2D eigenvalue weighted by atomic mass is 16.5. The fourth-order valence-electron chi connectivity index (χ4n) is 14.9. The van der Waals surface area contributed by atoms with E-state index in [2.05, 4.69) is 34.6 Å². The summed E-state index contributed by atoms with van der Waals surface area (Å²) in [4.78, 5) is 26.8. The Balaban J connectivity index is 0.970. The van der Waals surface area contributed by atoms with Gasteiger partial charge in [0.25, 0.3) is 0 Å². The van der Waals surface area contributed by atoms with Gasteiger partial charge >= 0.3 is 0 Å². The van der Waals surface area contributed by atoms with Crippen LogP contribution >= 0.6 is 0 Å². The molecule has 1 spiro atoms. The number of ether oxygens (including phenoxy) is 1. The van der Waals surface area contributed by atoms with E-state index >= 15 is 0 Å². The van der Waals surface area contributed by atoms with E-state index in [0.29, 0.717) is 106 Å². The quantitative estimate of drug-likeness (QED) is 0.0873. The van der Waals surface area contributed by atoms with Gasteiger partial charge in [-0.1, -0.05) is 56.1 Å². The van der Waals surface area contributed by atoms with Crippen molar-refractivity contribution in [2.75, 3.05) is 20.2 Å². The highest BCUT2D eigenvalue weighted by molar-refractivity contribution is 5.89. The fraction of sp³-hybridized carbons (Fsp3) is 0.885. The minimum absolute atomic E-state index is 0.00180. The lowest BCUT2D eigenvalue weighted by Gasteiger charge is -2.49. The first-order chi connectivity index (χ1) is 29.5. The topological polar surface area (TPSA) is 154 Å². The number of nitrogens with one attached hydrogen (secondary N) is 2. The summed E-state index contributed by atoms with van der Waals surface area (Å²) < 4.78 is 5.78. The molecular weight excluding hydrogens is 763 g/mol. The average Bonchev–Trinajstić information content (AvgIpc) is 3.75. The van der Waals surface area contributed by atoms with E-state index in [1.54, 1.807) is 7.11 Å². The summed E-state index contributed by atoms with van der Waals surface area (Å²) >= 11 is 0. The number of aliphatic hydroxyl groups excluding tert-OH is 3. The predicted molar refractivity (Wildman–Crippen MR) is 240 cm³/mol. The van der Waals surface area contributed by atoms with E-state index in [1.165, 1.54) is 64.2 Å². The Labute approximate surface area is 368 Å². The molecule has 8 aliphatic rings. The number of aliphatic hydroxyl groups is 3. The second-order valence-corrected chi connectivity index (χ2v) is 22.2. The first-order valence-corrected chi connectivity index (χ1v) is 25.6. The van der Waals surface area contributed by atoms with Gasteiger partial charge in [-0.2, -0.15) is 0 Å². The summed E-state index contributed by atoms with van der Waals surface area (Å²) in [5, 5.41) is 42.6. The van der Waals surface area contributed by atoms with Gasteiger partial charge in [0.1, 0.15) is 11.2 Å². The van der Waals surface area contributed by atoms with Crippen LogP contribution in [0.3, 0.4) is 0 Å². The molecule has 2 heterocycles. The monoisotopic (exact) mass is 846 g/mol. The SMILES string of the molecule is COC1CC2CCC(=O)C3(C#CC(CCC(O)CC(C=CC4CCCCC4)C4CCNC(N)C4)C2CC1O)CCC(CC1(C2CNC4CC(=O)CCC4C2)CCCC1)CC3O. The third-order valence-electron chi connectivity index (χ3n) is 18.6. The van der Waals surface area contributed by atoms with Crippen LogP contribution in [0.4, 0.5) is 0 Å². The zero-order valence-corrected chi connectivity index (χ0v) is 37.8. The van der Waals surface area contributed by atoms with E-state index < -0.39 is 23.7 Å². The lowest BCUT2D eigenvalue weighted by molar-refractivity contribution is -0.136. The van der Waals surface area contributed by atoms with E-state index in [-0.39, 0.29) is 47.1 Å². The summed E-state index contributed by atoms with van der Waals surface area (Å²) in [6.45, 7) is 1.91. The maximum Gasteiger partial charge on any atom is 0.153 e. The first kappa shape index (κ1) is 45.9. The zero-order chi connectivity index (χ0) is 42.6. The molecule has 61 heavy (non-hydrogen) atoms. The van der Waals surface area contributed by atoms with Gasteiger partial charge in [-0.3, -0.25) is 9.59 Å². The molecule has 0 aromatic heterocycles. The number of fused-ring (bicyclic) bond motifs is 2. The molecule has 2 saturated heterocycles. The van der Waals surface area contributed by atoms with Crippen molar-refractivity contribution in [1.82, 2.24) is 10.6 Å². The Hall–Kier alpha value is -1.64. The van der Waals surface area contributed by atoms with Crippen LogP contribution in [0.5, 0.6) is 0 Å². The van der Waals surface area contributed by atoms with Gasteiger partial charge in [0.05, 0.1) is 30.6 Å². The van der Waals surface area contributed by atoms with E-state index in [1.807, 2.05) is 0 Å². The van der Waals surface area contributed by atoms with Gasteiger partial charge in [0.15, 0.2) is 5.78 Å². The number of carbonyl (C=O) groups is 2. The molecule has 2 aliphatic heterocycles. The molecule has 5 saturated carbocycles. The molecule has 15 atom stereocenters. The molecule has 0 radical (unpaired) electrons. The number of carbonyl (C=O) groups excluding carboxylic acids is 2. The molecule has 15 unspecified atom stereocenters. The Morgan fingerprint density at radius 1 is 0.902 bits per heavy atom. The normalized spacial score (nSPS) is 42.1. The number of nitrogens with two attached hydrogens (primary N) is 1. The summed E-state index contributed by atoms with van der Waals surface area (Å²) in [5.41, 5.74) is 5.63. The van der Waals surface area contributed by atoms with Gasteiger partial charge in [-0.25, -0.2) is 0 Å². The Bertz CT molecular complexity index is 1560. The molecule has 7 N–H and O–H groups in total. The number of ketones is 2. The average molecular weight is 846 g/mol. The summed E-state index contributed by atoms with van der Waals surface area (Å²) in [6.07, 6.45) is 27.7. The number of rotatable bonds is 12. The molecule has 6 aliphatic carbocycles. The number of piperidine rings is 2. The van der Waals surface area contributed by atoms with Crippen molar-refractivity contribution in [3.63, 3.8) is 0 Å². The number of hydrogen-bond acceptors (Lipinski definition) is 9. The lowest BCUT2D eigenvalue weighted by Crippen LogP contribution is -2.53. The highest BCUT2D eigenvalue weighted by Gasteiger charge is 2.52. The minimum Gasteiger partial charge on any atom is -0.393 e. The van der Waals surface area contributed by atoms with Crippen LogP contribution in [0.25, 0.3) is 0 Å². The van der Waals surface area contributed by atoms with Gasteiger partial charge in [-0.05, 0) is 181 Å². The van der Waals surface area contributed by atoms with Crippen molar-refractivity contribution in [3.05, 3.63) is 12.2 Å². The maximum absolute atomic E-state index is 14.5. The van der Waals surface area contributed by atoms with Crippen LogP contribution in [0.15, 0.2) is 12.2 Å². The van der Waals surface area contributed by atoms with Crippen molar-refractivity contribution >= 4 is 11.6 Å². The van der Waals surface area contributed by atoms with Crippen molar-refractivity contribution in [2.45, 2.75) is 204 Å². The van der Waals surface area contributed by atoms with Gasteiger partial charge in [-0.15, -0.1) is 0 Å². The fourth-order valence-corrected chi connectivity index (χ4v) is 14.9. The Kier molecular flexibility index (Phi) is 15.6. The number of hydrogen-bond donors (Lipinski definition) is 6. The maximum atomic E-state index is 14.5. The van der Waals surface area contributed by atoms with Crippen LogP contribution in [0.1, 0.15) is 167 Å². The molecule has 342 valence electrons. The second kappa shape index (κ2) is 20.7. The third kappa shape index (κ3) is 10.7. The Morgan fingerprint density at radius 3 is 2.48 bits per heavy atom. The van der Waals surface area contributed by atoms with E-state index in [4.69, 9.17) is 10.5 Å². The van der Waals surface area contributed by atoms with Gasteiger partial charge in [0.2, 0.25) is 0 Å². The molecule has 9 nitrogen and oxygen atoms in total. The van der Waals surface area contributed by atoms with Crippen LogP contribution < -0.4 is 16.4 Å². The van der Waals surface area contributed by atoms with Crippen molar-refractivity contribution in [1.29, 1.82) is 0 Å². The predicted octanol–water partition coefficient (Wildman–Crippen LogP) is 7.38. The molecule has 0 bridgehead atoms. The smallest absolute Gasteiger partial charge is 0.153 e. The van der Waals surface area contributed by atoms with Crippen LogP contribution in [0.2, 0.25) is 0 Å². The highest BCUT2D eigenvalue weighted by Crippen LogP contribution is 2.56. The van der Waals surface area contributed by atoms with Crippen LogP contribution in [-0.2, 0) is 14.3 Å². The molecule has 0 aromatic rings. The van der Waals surface area contributed by atoms with Crippen molar-refractivity contribution in [3.8, 4) is 11.8 Å². The molecule has 7 fully saturated rings. The number of allylic oxidation sites excluding steroid dienone is 2. The minimum atomic E-state index is -1.06. The van der Waals surface area contributed by atoms with Crippen molar-refractivity contribution < 1.29 is 29.6 Å². The number of methoxy groups -OCH3 is 1. The molecule has 9 heteroatoms. The summed E-state index contributed by atoms with van der Waals surface area (Å²) in [5.74, 6) is 10.9. The van der Waals surface area contributed by atoms with Crippen molar-refractivity contribution in [2.24, 2.45) is 69.8 Å². The third-order valence-corrected chi connectivity index (χ3v) is 18.6. The Morgan fingerprint density at radius 2 is 1.70 bits per heavy atom. The summed E-state index contributed by atoms with van der Waals surface area (Å²) in [6, 6.07) is 0.351. The first-order valence-electron chi connectivity index (χ1n) is 25.6. The molecule has 8 rings (SSSR count). The van der Waals surface area contributed by atoms with E-state index in [9.17, 15) is 24.9 Å². The largest absolute Gasteiger partial charge is 0.393 e. The molecular formula is C52H83N3O6.